The fraction of sp³-hybridized carbons (Fsp3) is 0.526. The second-order valence-corrected chi connectivity index (χ2v) is 7.09. The van der Waals surface area contributed by atoms with Crippen molar-refractivity contribution in [3.05, 3.63) is 36.5 Å². The first-order valence-corrected chi connectivity index (χ1v) is 9.69. The third-order valence-corrected chi connectivity index (χ3v) is 5.25. The highest BCUT2D eigenvalue weighted by molar-refractivity contribution is 5.92. The Labute approximate surface area is 159 Å². The van der Waals surface area contributed by atoms with Crippen LogP contribution in [0.25, 0.3) is 0 Å². The lowest BCUT2D eigenvalue weighted by Gasteiger charge is -2.35. The van der Waals surface area contributed by atoms with Crippen molar-refractivity contribution in [3.8, 4) is 0 Å². The van der Waals surface area contributed by atoms with Gasteiger partial charge in [-0.3, -0.25) is 4.79 Å². The molecule has 0 atom stereocenters. The second-order valence-electron chi connectivity index (χ2n) is 7.09. The Balaban J connectivity index is 1.32. The smallest absolute Gasteiger partial charge is 0.271 e. The summed E-state index contributed by atoms with van der Waals surface area (Å²) in [6, 6.07) is 2.10. The van der Waals surface area contributed by atoms with E-state index in [2.05, 4.69) is 35.1 Å². The average molecular weight is 367 g/mol. The SMILES string of the molecule is O=C(NC1CCCCC1)c1cnc(N2CCN(c3ncccn3)CC2)cn1. The van der Waals surface area contributed by atoms with E-state index in [0.717, 1.165) is 50.8 Å². The van der Waals surface area contributed by atoms with E-state index in [1.807, 2.05) is 6.07 Å². The van der Waals surface area contributed by atoms with E-state index in [0.29, 0.717) is 5.69 Å². The first kappa shape index (κ1) is 17.6. The third kappa shape index (κ3) is 4.32. The fourth-order valence-corrected chi connectivity index (χ4v) is 3.70. The minimum atomic E-state index is -0.119. The molecule has 1 saturated carbocycles. The molecule has 0 bridgehead atoms. The minimum Gasteiger partial charge on any atom is -0.352 e. The highest BCUT2D eigenvalue weighted by atomic mass is 16.1. The fourth-order valence-electron chi connectivity index (χ4n) is 3.70. The van der Waals surface area contributed by atoms with E-state index in [-0.39, 0.29) is 11.9 Å². The number of amides is 1. The van der Waals surface area contributed by atoms with Crippen LogP contribution in [0.4, 0.5) is 11.8 Å². The number of hydrogen-bond donors (Lipinski definition) is 1. The molecule has 1 amide bonds. The van der Waals surface area contributed by atoms with E-state index < -0.39 is 0 Å². The number of nitrogens with one attached hydrogen (secondary N) is 1. The van der Waals surface area contributed by atoms with Gasteiger partial charge in [-0.1, -0.05) is 19.3 Å². The number of carbonyl (C=O) groups is 1. The Kier molecular flexibility index (Phi) is 5.41. The Bertz CT molecular complexity index is 738. The van der Waals surface area contributed by atoms with E-state index >= 15 is 0 Å². The van der Waals surface area contributed by atoms with Gasteiger partial charge in [0.15, 0.2) is 0 Å². The van der Waals surface area contributed by atoms with Crippen LogP contribution in [0, 0.1) is 0 Å². The van der Waals surface area contributed by atoms with E-state index in [1.165, 1.54) is 19.3 Å². The van der Waals surface area contributed by atoms with E-state index in [4.69, 9.17) is 0 Å². The Hall–Kier alpha value is -2.77. The predicted molar refractivity (Wildman–Crippen MR) is 103 cm³/mol. The summed E-state index contributed by atoms with van der Waals surface area (Å²) in [6.07, 6.45) is 12.6. The van der Waals surface area contributed by atoms with Crippen molar-refractivity contribution in [1.82, 2.24) is 25.3 Å². The lowest BCUT2D eigenvalue weighted by atomic mass is 9.95. The first-order chi connectivity index (χ1) is 13.3. The molecular formula is C19H25N7O. The van der Waals surface area contributed by atoms with Crippen LogP contribution in [0.1, 0.15) is 42.6 Å². The van der Waals surface area contributed by atoms with Crippen LogP contribution in [-0.2, 0) is 0 Å². The van der Waals surface area contributed by atoms with Crippen LogP contribution in [0.5, 0.6) is 0 Å². The maximum Gasteiger partial charge on any atom is 0.271 e. The monoisotopic (exact) mass is 367 g/mol. The molecule has 2 aromatic heterocycles. The van der Waals surface area contributed by atoms with Crippen LogP contribution in [0.2, 0.25) is 0 Å². The molecule has 142 valence electrons. The van der Waals surface area contributed by atoms with Crippen molar-refractivity contribution in [2.24, 2.45) is 0 Å². The zero-order chi connectivity index (χ0) is 18.5. The number of rotatable bonds is 4. The van der Waals surface area contributed by atoms with Crippen LogP contribution in [-0.4, -0.2) is 58.1 Å². The highest BCUT2D eigenvalue weighted by Gasteiger charge is 2.21. The maximum absolute atomic E-state index is 12.4. The predicted octanol–water partition coefficient (Wildman–Crippen LogP) is 1.66. The van der Waals surface area contributed by atoms with Gasteiger partial charge in [0.25, 0.3) is 5.91 Å². The number of nitrogens with zero attached hydrogens (tertiary/aromatic N) is 6. The molecule has 1 aliphatic carbocycles. The van der Waals surface area contributed by atoms with Crippen molar-refractivity contribution >= 4 is 17.7 Å². The van der Waals surface area contributed by atoms with Gasteiger partial charge in [0.05, 0.1) is 12.4 Å². The minimum absolute atomic E-state index is 0.119. The number of piperazine rings is 1. The molecule has 2 aliphatic rings. The molecule has 1 aliphatic heterocycles. The molecule has 0 spiro atoms. The van der Waals surface area contributed by atoms with Crippen molar-refractivity contribution in [2.45, 2.75) is 38.1 Å². The number of carbonyl (C=O) groups excluding carboxylic acids is 1. The molecule has 1 saturated heterocycles. The van der Waals surface area contributed by atoms with E-state index in [9.17, 15) is 4.79 Å². The molecule has 0 aromatic carbocycles. The summed E-state index contributed by atoms with van der Waals surface area (Å²) in [6.45, 7) is 3.30. The molecule has 0 radical (unpaired) electrons. The van der Waals surface area contributed by atoms with Gasteiger partial charge in [0, 0.05) is 44.6 Å². The van der Waals surface area contributed by atoms with Gasteiger partial charge in [-0.25, -0.2) is 19.9 Å². The molecule has 1 N–H and O–H groups in total. The van der Waals surface area contributed by atoms with Gasteiger partial charge < -0.3 is 15.1 Å². The molecule has 0 unspecified atom stereocenters. The van der Waals surface area contributed by atoms with Gasteiger partial charge in [0.1, 0.15) is 11.5 Å². The summed E-state index contributed by atoms with van der Waals surface area (Å²) in [4.78, 5) is 34.1. The second kappa shape index (κ2) is 8.28. The van der Waals surface area contributed by atoms with Crippen molar-refractivity contribution in [3.63, 3.8) is 0 Å². The maximum atomic E-state index is 12.4. The molecule has 4 rings (SSSR count). The Morgan fingerprint density at radius 1 is 0.889 bits per heavy atom. The van der Waals surface area contributed by atoms with E-state index in [1.54, 1.807) is 24.8 Å². The largest absolute Gasteiger partial charge is 0.352 e. The molecule has 27 heavy (non-hydrogen) atoms. The summed E-state index contributed by atoms with van der Waals surface area (Å²) < 4.78 is 0. The quantitative estimate of drug-likeness (QED) is 0.879. The van der Waals surface area contributed by atoms with Gasteiger partial charge in [-0.05, 0) is 18.9 Å². The van der Waals surface area contributed by atoms with Crippen LogP contribution in [0.15, 0.2) is 30.9 Å². The van der Waals surface area contributed by atoms with Gasteiger partial charge in [-0.2, -0.15) is 0 Å². The molecule has 2 aromatic rings. The molecule has 8 nitrogen and oxygen atoms in total. The molecule has 8 heteroatoms. The number of anilines is 2. The standard InChI is InChI=1S/C19H25N7O/c27-18(24-15-5-2-1-3-6-15)16-13-23-17(14-22-16)25-9-11-26(12-10-25)19-20-7-4-8-21-19/h4,7-8,13-15H,1-3,5-6,9-12H2,(H,24,27). The normalized spacial score (nSPS) is 18.4. The molecule has 2 fully saturated rings. The van der Waals surface area contributed by atoms with Crippen LogP contribution >= 0.6 is 0 Å². The van der Waals surface area contributed by atoms with Crippen molar-refractivity contribution < 1.29 is 4.79 Å². The summed E-state index contributed by atoms with van der Waals surface area (Å²) in [7, 11) is 0. The third-order valence-electron chi connectivity index (χ3n) is 5.25. The number of hydrogen-bond acceptors (Lipinski definition) is 7. The summed E-state index contributed by atoms with van der Waals surface area (Å²) in [5.74, 6) is 1.45. The molecule has 3 heterocycles. The van der Waals surface area contributed by atoms with Gasteiger partial charge in [0.2, 0.25) is 5.95 Å². The average Bonchev–Trinajstić information content (AvgIpc) is 2.75. The molecular weight excluding hydrogens is 342 g/mol. The summed E-state index contributed by atoms with van der Waals surface area (Å²) in [5, 5.41) is 3.08. The topological polar surface area (TPSA) is 87.1 Å². The highest BCUT2D eigenvalue weighted by Crippen LogP contribution is 2.18. The van der Waals surface area contributed by atoms with Gasteiger partial charge in [-0.15, -0.1) is 0 Å². The lowest BCUT2D eigenvalue weighted by Crippen LogP contribution is -2.47. The van der Waals surface area contributed by atoms with Crippen LogP contribution < -0.4 is 15.1 Å². The van der Waals surface area contributed by atoms with Crippen molar-refractivity contribution in [1.29, 1.82) is 0 Å². The summed E-state index contributed by atoms with van der Waals surface area (Å²) in [5.41, 5.74) is 0.389. The van der Waals surface area contributed by atoms with Crippen LogP contribution in [0.3, 0.4) is 0 Å². The number of aromatic nitrogens is 4. The zero-order valence-electron chi connectivity index (χ0n) is 15.4. The Morgan fingerprint density at radius 2 is 1.59 bits per heavy atom. The Morgan fingerprint density at radius 3 is 2.26 bits per heavy atom. The lowest BCUT2D eigenvalue weighted by molar-refractivity contribution is 0.0922. The first-order valence-electron chi connectivity index (χ1n) is 9.69. The van der Waals surface area contributed by atoms with Crippen molar-refractivity contribution in [2.75, 3.05) is 36.0 Å². The summed E-state index contributed by atoms with van der Waals surface area (Å²) >= 11 is 0. The van der Waals surface area contributed by atoms with Gasteiger partial charge >= 0.3 is 0 Å². The zero-order valence-corrected chi connectivity index (χ0v) is 15.4.